The summed E-state index contributed by atoms with van der Waals surface area (Å²) >= 11 is 1.11. The maximum Gasteiger partial charge on any atom is 0.262 e. The van der Waals surface area contributed by atoms with Crippen LogP contribution in [0.1, 0.15) is 76.5 Å². The molecule has 4 saturated carbocycles. The lowest BCUT2D eigenvalue weighted by Gasteiger charge is -2.57. The molecule has 11 heteroatoms. The highest BCUT2D eigenvalue weighted by molar-refractivity contribution is 7.03. The summed E-state index contributed by atoms with van der Waals surface area (Å²) < 4.78 is 4.00. The van der Waals surface area contributed by atoms with Crippen LogP contribution in [-0.4, -0.2) is 60.1 Å². The lowest BCUT2D eigenvalue weighted by Crippen LogP contribution is -2.61. The van der Waals surface area contributed by atoms with Crippen molar-refractivity contribution in [3.63, 3.8) is 0 Å². The molecule has 4 amide bonds. The number of carbonyl (C=O) groups excluding carboxylic acids is 4. The monoisotopic (exact) mass is 570 g/mol. The summed E-state index contributed by atoms with van der Waals surface area (Å²) in [5.41, 5.74) is 1.32. The minimum absolute atomic E-state index is 0.0479. The Morgan fingerprint density at radius 3 is 2.22 bits per heavy atom. The molecule has 3 heterocycles. The first-order chi connectivity index (χ1) is 19.9. The van der Waals surface area contributed by atoms with E-state index in [1.165, 1.54) is 24.2 Å². The molecule has 10 nitrogen and oxygen atoms in total. The molecule has 0 saturated heterocycles. The maximum absolute atomic E-state index is 14.3. The molecule has 4 aliphatic carbocycles. The molecule has 4 bridgehead atoms. The van der Waals surface area contributed by atoms with Crippen LogP contribution in [0.25, 0.3) is 0 Å². The van der Waals surface area contributed by atoms with Gasteiger partial charge in [-0.25, -0.2) is 0 Å². The summed E-state index contributed by atoms with van der Waals surface area (Å²) in [6.45, 7) is -0.447. The van der Waals surface area contributed by atoms with Crippen LogP contribution in [0.15, 0.2) is 54.2 Å². The molecule has 1 aliphatic heterocycles. The summed E-state index contributed by atoms with van der Waals surface area (Å²) in [7, 11) is 0. The Labute approximate surface area is 241 Å². The van der Waals surface area contributed by atoms with Crippen LogP contribution in [0.2, 0.25) is 0 Å². The first-order valence-corrected chi connectivity index (χ1v) is 15.0. The quantitative estimate of drug-likeness (QED) is 0.412. The van der Waals surface area contributed by atoms with E-state index in [-0.39, 0.29) is 29.1 Å². The summed E-state index contributed by atoms with van der Waals surface area (Å²) in [6, 6.07) is 9.03. The first-order valence-electron chi connectivity index (χ1n) is 14.1. The molecular weight excluding hydrogens is 540 g/mol. The Bertz CT molecular complexity index is 1440. The van der Waals surface area contributed by atoms with Crippen molar-refractivity contribution in [1.82, 2.24) is 29.7 Å². The summed E-state index contributed by atoms with van der Waals surface area (Å²) in [6.07, 6.45) is 9.85. The number of benzene rings is 1. The van der Waals surface area contributed by atoms with E-state index in [9.17, 15) is 19.2 Å². The van der Waals surface area contributed by atoms with E-state index in [0.29, 0.717) is 29.0 Å². The highest BCUT2D eigenvalue weighted by Gasteiger charge is 2.52. The first kappa shape index (κ1) is 25.9. The van der Waals surface area contributed by atoms with E-state index in [2.05, 4.69) is 19.9 Å². The third kappa shape index (κ3) is 4.71. The Balaban J connectivity index is 1.21. The highest BCUT2D eigenvalue weighted by atomic mass is 32.1. The molecule has 0 spiro atoms. The fourth-order valence-corrected chi connectivity index (χ4v) is 8.41. The molecule has 41 heavy (non-hydrogen) atoms. The number of fused-ring (bicyclic) bond motifs is 1. The van der Waals surface area contributed by atoms with Crippen molar-refractivity contribution < 1.29 is 19.2 Å². The standard InChI is InChI=1S/C30H30N6O4S/c37-25(16-36-28(39)22-5-1-2-6-23(22)29(36)40)35(15-18-4-3-7-31-14-18)26(24-17-41-34-33-24)27(38)32-30-11-19-8-20(12-30)10-21(9-19)13-30/h1-7,14,17,19-21,26H,8-13,15-16H2,(H,32,38)/t19?,20?,21?,26-,30?/m1/s1. The van der Waals surface area contributed by atoms with Gasteiger partial charge < -0.3 is 10.2 Å². The topological polar surface area (TPSA) is 125 Å². The lowest BCUT2D eigenvalue weighted by molar-refractivity contribution is -0.144. The van der Waals surface area contributed by atoms with Gasteiger partial charge in [-0.1, -0.05) is 22.7 Å². The van der Waals surface area contributed by atoms with Gasteiger partial charge in [0.25, 0.3) is 11.8 Å². The zero-order valence-electron chi connectivity index (χ0n) is 22.4. The molecule has 1 aromatic carbocycles. The van der Waals surface area contributed by atoms with Crippen molar-refractivity contribution in [3.8, 4) is 0 Å². The van der Waals surface area contributed by atoms with E-state index in [1.54, 1.807) is 48.1 Å². The second-order valence-corrected chi connectivity index (χ2v) is 12.7. The minimum Gasteiger partial charge on any atom is -0.348 e. The largest absolute Gasteiger partial charge is 0.348 e. The number of nitrogens with zero attached hydrogens (tertiary/aromatic N) is 5. The normalized spacial score (nSPS) is 26.6. The maximum atomic E-state index is 14.3. The van der Waals surface area contributed by atoms with Crippen LogP contribution in [0.5, 0.6) is 0 Å². The number of nitrogens with one attached hydrogen (secondary N) is 1. The number of hydrogen-bond acceptors (Lipinski definition) is 8. The van der Waals surface area contributed by atoms with Gasteiger partial charge in [0.05, 0.1) is 11.1 Å². The average Bonchev–Trinajstić information content (AvgIpc) is 3.56. The van der Waals surface area contributed by atoms with Gasteiger partial charge in [0, 0.05) is 29.9 Å². The van der Waals surface area contributed by atoms with E-state index < -0.39 is 30.3 Å². The van der Waals surface area contributed by atoms with Crippen LogP contribution in [0.3, 0.4) is 0 Å². The van der Waals surface area contributed by atoms with Gasteiger partial charge in [-0.15, -0.1) is 5.10 Å². The summed E-state index contributed by atoms with van der Waals surface area (Å²) in [4.78, 5) is 61.1. The third-order valence-electron chi connectivity index (χ3n) is 9.21. The SMILES string of the molecule is O=C(NC12CC3CC(CC(C3)C1)C2)[C@@H](c1csnn1)N(Cc1cccnc1)C(=O)CN1C(=O)c2ccccc2C1=O. The van der Waals surface area contributed by atoms with Crippen LogP contribution in [-0.2, 0) is 16.1 Å². The van der Waals surface area contributed by atoms with E-state index in [4.69, 9.17) is 0 Å². The molecule has 210 valence electrons. The van der Waals surface area contributed by atoms with Crippen molar-refractivity contribution in [3.05, 3.63) is 76.6 Å². The van der Waals surface area contributed by atoms with Crippen LogP contribution < -0.4 is 5.32 Å². The van der Waals surface area contributed by atoms with Gasteiger partial charge in [-0.2, -0.15) is 0 Å². The summed E-state index contributed by atoms with van der Waals surface area (Å²) in [5, 5.41) is 9.30. The fraction of sp³-hybridized carbons (Fsp3) is 0.433. The Hall–Kier alpha value is -3.99. The van der Waals surface area contributed by atoms with E-state index in [0.717, 1.165) is 35.7 Å². The predicted molar refractivity (Wildman–Crippen MR) is 148 cm³/mol. The van der Waals surface area contributed by atoms with Gasteiger partial charge in [-0.05, 0) is 91.6 Å². The van der Waals surface area contributed by atoms with Gasteiger partial charge in [0.15, 0.2) is 6.04 Å². The van der Waals surface area contributed by atoms with Crippen LogP contribution in [0.4, 0.5) is 0 Å². The molecule has 8 rings (SSSR count). The Morgan fingerprint density at radius 1 is 1.00 bits per heavy atom. The highest BCUT2D eigenvalue weighted by Crippen LogP contribution is 2.55. The van der Waals surface area contributed by atoms with Gasteiger partial charge >= 0.3 is 0 Å². The number of amides is 4. The smallest absolute Gasteiger partial charge is 0.262 e. The Morgan fingerprint density at radius 2 is 1.66 bits per heavy atom. The third-order valence-corrected chi connectivity index (χ3v) is 9.73. The fourth-order valence-electron chi connectivity index (χ4n) is 7.94. The van der Waals surface area contributed by atoms with Gasteiger partial charge in [0.1, 0.15) is 12.2 Å². The molecule has 1 atom stereocenters. The van der Waals surface area contributed by atoms with Crippen molar-refractivity contribution in [2.24, 2.45) is 17.8 Å². The number of carbonyl (C=O) groups is 4. The molecule has 2 aromatic heterocycles. The molecule has 0 radical (unpaired) electrons. The number of rotatable bonds is 8. The second-order valence-electron chi connectivity index (χ2n) is 12.0. The Kier molecular flexibility index (Phi) is 6.41. The van der Waals surface area contributed by atoms with Gasteiger partial charge in [0.2, 0.25) is 11.8 Å². The van der Waals surface area contributed by atoms with E-state index >= 15 is 0 Å². The van der Waals surface area contributed by atoms with Crippen LogP contribution >= 0.6 is 11.5 Å². The summed E-state index contributed by atoms with van der Waals surface area (Å²) in [5.74, 6) is -0.00899. The van der Waals surface area contributed by atoms with Crippen molar-refractivity contribution in [1.29, 1.82) is 0 Å². The number of hydrogen-bond donors (Lipinski definition) is 1. The number of imide groups is 1. The molecule has 4 fully saturated rings. The predicted octanol–water partition coefficient (Wildman–Crippen LogP) is 3.38. The van der Waals surface area contributed by atoms with Crippen LogP contribution in [0, 0.1) is 17.8 Å². The number of aromatic nitrogens is 3. The van der Waals surface area contributed by atoms with Crippen molar-refractivity contribution >= 4 is 35.2 Å². The zero-order chi connectivity index (χ0) is 28.1. The molecule has 5 aliphatic rings. The van der Waals surface area contributed by atoms with Gasteiger partial charge in [-0.3, -0.25) is 29.1 Å². The number of pyridine rings is 1. The minimum atomic E-state index is -1.08. The molecule has 3 aromatic rings. The van der Waals surface area contributed by atoms with Crippen molar-refractivity contribution in [2.75, 3.05) is 6.54 Å². The molecule has 1 N–H and O–H groups in total. The zero-order valence-corrected chi connectivity index (χ0v) is 23.3. The second kappa shape index (κ2) is 10.1. The van der Waals surface area contributed by atoms with Crippen molar-refractivity contribution in [2.45, 2.75) is 56.7 Å². The van der Waals surface area contributed by atoms with E-state index in [1.807, 2.05) is 6.07 Å². The lowest BCUT2D eigenvalue weighted by atomic mass is 9.53. The average molecular weight is 571 g/mol. The molecule has 0 unspecified atom stereocenters. The molecular formula is C30H30N6O4S.